The van der Waals surface area contributed by atoms with Crippen molar-refractivity contribution in [3.05, 3.63) is 36.3 Å². The zero-order chi connectivity index (χ0) is 14.7. The van der Waals surface area contributed by atoms with Crippen molar-refractivity contribution in [3.8, 4) is 11.4 Å². The zero-order valence-corrected chi connectivity index (χ0v) is 12.7. The number of nitrogens with zero attached hydrogens (tertiary/aromatic N) is 3. The molecule has 2 heterocycles. The molecule has 0 radical (unpaired) electrons. The van der Waals surface area contributed by atoms with E-state index in [1.54, 1.807) is 12.4 Å². The first kappa shape index (κ1) is 14.0. The minimum absolute atomic E-state index is 0.446. The van der Waals surface area contributed by atoms with Crippen LogP contribution < -0.4 is 5.32 Å². The average Bonchev–Trinajstić information content (AvgIpc) is 3.30. The van der Waals surface area contributed by atoms with Crippen LogP contribution in [-0.4, -0.2) is 21.0 Å². The van der Waals surface area contributed by atoms with Gasteiger partial charge in [0.2, 0.25) is 0 Å². The van der Waals surface area contributed by atoms with Gasteiger partial charge in [0.05, 0.1) is 0 Å². The minimum Gasteiger partial charge on any atom is -0.367 e. The molecule has 4 nitrogen and oxygen atoms in total. The highest BCUT2D eigenvalue weighted by Gasteiger charge is 2.21. The first-order chi connectivity index (χ1) is 10.2. The molecule has 1 atom stereocenters. The van der Waals surface area contributed by atoms with Crippen LogP contribution in [0.25, 0.3) is 11.4 Å². The Balaban J connectivity index is 1.71. The molecule has 0 spiro atoms. The van der Waals surface area contributed by atoms with E-state index < -0.39 is 0 Å². The SMILES string of the molecule is Cc1cc(NC(C)CCC2CC2)nc(-c2cccnc2)n1. The molecule has 4 heteroatoms. The largest absolute Gasteiger partial charge is 0.367 e. The second-order valence-corrected chi connectivity index (χ2v) is 6.03. The third-order valence-corrected chi connectivity index (χ3v) is 3.87. The Morgan fingerprint density at radius 3 is 2.90 bits per heavy atom. The van der Waals surface area contributed by atoms with Gasteiger partial charge < -0.3 is 5.32 Å². The summed E-state index contributed by atoms with van der Waals surface area (Å²) in [6.45, 7) is 4.23. The van der Waals surface area contributed by atoms with E-state index in [-0.39, 0.29) is 0 Å². The number of aryl methyl sites for hydroxylation is 1. The lowest BCUT2D eigenvalue weighted by Crippen LogP contribution is -2.16. The van der Waals surface area contributed by atoms with Gasteiger partial charge in [0.1, 0.15) is 5.82 Å². The van der Waals surface area contributed by atoms with Crippen molar-refractivity contribution in [1.82, 2.24) is 15.0 Å². The Kier molecular flexibility index (Phi) is 4.13. The van der Waals surface area contributed by atoms with E-state index in [2.05, 4.69) is 27.2 Å². The van der Waals surface area contributed by atoms with Crippen LogP contribution in [0, 0.1) is 12.8 Å². The van der Waals surface area contributed by atoms with E-state index >= 15 is 0 Å². The van der Waals surface area contributed by atoms with Gasteiger partial charge in [-0.2, -0.15) is 0 Å². The predicted octanol–water partition coefficient (Wildman–Crippen LogP) is 3.84. The predicted molar refractivity (Wildman–Crippen MR) is 85.0 cm³/mol. The molecule has 0 bridgehead atoms. The molecule has 3 rings (SSSR count). The quantitative estimate of drug-likeness (QED) is 0.874. The molecule has 21 heavy (non-hydrogen) atoms. The maximum Gasteiger partial charge on any atom is 0.163 e. The maximum absolute atomic E-state index is 4.62. The number of hydrogen-bond acceptors (Lipinski definition) is 4. The number of anilines is 1. The average molecular weight is 282 g/mol. The highest BCUT2D eigenvalue weighted by molar-refractivity contribution is 5.56. The van der Waals surface area contributed by atoms with Crippen molar-refractivity contribution in [2.75, 3.05) is 5.32 Å². The fraction of sp³-hybridized carbons (Fsp3) is 0.471. The molecule has 0 aliphatic heterocycles. The molecule has 0 amide bonds. The monoisotopic (exact) mass is 282 g/mol. The van der Waals surface area contributed by atoms with E-state index in [4.69, 9.17) is 0 Å². The molecule has 1 fully saturated rings. The van der Waals surface area contributed by atoms with Gasteiger partial charge in [-0.1, -0.05) is 12.8 Å². The molecule has 1 saturated carbocycles. The van der Waals surface area contributed by atoms with E-state index in [0.717, 1.165) is 28.8 Å². The van der Waals surface area contributed by atoms with Crippen LogP contribution in [0.2, 0.25) is 0 Å². The summed E-state index contributed by atoms with van der Waals surface area (Å²) in [6, 6.07) is 6.35. The fourth-order valence-electron chi connectivity index (χ4n) is 2.48. The van der Waals surface area contributed by atoms with Gasteiger partial charge in [-0.25, -0.2) is 9.97 Å². The third kappa shape index (κ3) is 4.00. The van der Waals surface area contributed by atoms with Gasteiger partial charge in [0.15, 0.2) is 5.82 Å². The molecule has 1 N–H and O–H groups in total. The van der Waals surface area contributed by atoms with E-state index in [1.807, 2.05) is 25.1 Å². The summed E-state index contributed by atoms with van der Waals surface area (Å²) in [4.78, 5) is 13.3. The Morgan fingerprint density at radius 2 is 2.19 bits per heavy atom. The topological polar surface area (TPSA) is 50.7 Å². The van der Waals surface area contributed by atoms with Crippen LogP contribution in [0.15, 0.2) is 30.6 Å². The lowest BCUT2D eigenvalue weighted by atomic mass is 10.1. The lowest BCUT2D eigenvalue weighted by molar-refractivity contribution is 0.609. The molecule has 0 saturated heterocycles. The summed E-state index contributed by atoms with van der Waals surface area (Å²) in [5.74, 6) is 2.62. The van der Waals surface area contributed by atoms with Gasteiger partial charge in [0, 0.05) is 35.8 Å². The minimum atomic E-state index is 0.446. The first-order valence-corrected chi connectivity index (χ1v) is 7.73. The van der Waals surface area contributed by atoms with Crippen LogP contribution in [0.5, 0.6) is 0 Å². The summed E-state index contributed by atoms with van der Waals surface area (Å²) in [6.07, 6.45) is 8.94. The van der Waals surface area contributed by atoms with Crippen molar-refractivity contribution in [2.45, 2.75) is 45.6 Å². The lowest BCUT2D eigenvalue weighted by Gasteiger charge is -2.15. The van der Waals surface area contributed by atoms with E-state index in [9.17, 15) is 0 Å². The Labute approximate surface area is 126 Å². The molecule has 1 aliphatic rings. The summed E-state index contributed by atoms with van der Waals surface area (Å²) in [7, 11) is 0. The molecule has 1 unspecified atom stereocenters. The molecule has 0 aromatic carbocycles. The van der Waals surface area contributed by atoms with Crippen molar-refractivity contribution in [2.24, 2.45) is 5.92 Å². The highest BCUT2D eigenvalue weighted by Crippen LogP contribution is 2.34. The molecule has 2 aromatic rings. The maximum atomic E-state index is 4.62. The van der Waals surface area contributed by atoms with E-state index in [1.165, 1.54) is 25.7 Å². The second-order valence-electron chi connectivity index (χ2n) is 6.03. The summed E-state index contributed by atoms with van der Waals surface area (Å²) in [5, 5.41) is 3.50. The smallest absolute Gasteiger partial charge is 0.163 e. The number of aromatic nitrogens is 3. The third-order valence-electron chi connectivity index (χ3n) is 3.87. The summed E-state index contributed by atoms with van der Waals surface area (Å²) >= 11 is 0. The van der Waals surface area contributed by atoms with Crippen molar-refractivity contribution in [3.63, 3.8) is 0 Å². The van der Waals surface area contributed by atoms with Crippen LogP contribution in [-0.2, 0) is 0 Å². The Bertz CT molecular complexity index is 593. The Morgan fingerprint density at radius 1 is 1.33 bits per heavy atom. The highest BCUT2D eigenvalue weighted by atomic mass is 15.0. The molecular formula is C17H22N4. The van der Waals surface area contributed by atoms with Crippen LogP contribution in [0.3, 0.4) is 0 Å². The first-order valence-electron chi connectivity index (χ1n) is 7.73. The standard InChI is InChI=1S/C17H22N4/c1-12(5-6-14-7-8-14)19-16-10-13(2)20-17(21-16)15-4-3-9-18-11-15/h3-4,9-12,14H,5-8H2,1-2H3,(H,19,20,21). The molecular weight excluding hydrogens is 260 g/mol. The van der Waals surface area contributed by atoms with Crippen LogP contribution in [0.1, 0.15) is 38.3 Å². The van der Waals surface area contributed by atoms with Crippen molar-refractivity contribution in [1.29, 1.82) is 0 Å². The number of nitrogens with one attached hydrogen (secondary N) is 1. The molecule has 1 aliphatic carbocycles. The van der Waals surface area contributed by atoms with Gasteiger partial charge in [-0.3, -0.25) is 4.98 Å². The van der Waals surface area contributed by atoms with E-state index in [0.29, 0.717) is 6.04 Å². The fourth-order valence-corrected chi connectivity index (χ4v) is 2.48. The van der Waals surface area contributed by atoms with Crippen molar-refractivity contribution < 1.29 is 0 Å². The zero-order valence-electron chi connectivity index (χ0n) is 12.7. The second kappa shape index (κ2) is 6.20. The van der Waals surface area contributed by atoms with Gasteiger partial charge in [-0.15, -0.1) is 0 Å². The number of rotatable bonds is 6. The number of pyridine rings is 1. The van der Waals surface area contributed by atoms with Gasteiger partial charge in [0.25, 0.3) is 0 Å². The van der Waals surface area contributed by atoms with Crippen LogP contribution >= 0.6 is 0 Å². The van der Waals surface area contributed by atoms with Crippen LogP contribution in [0.4, 0.5) is 5.82 Å². The Hall–Kier alpha value is -1.97. The normalized spacial score (nSPS) is 15.7. The van der Waals surface area contributed by atoms with Gasteiger partial charge in [-0.05, 0) is 44.7 Å². The summed E-state index contributed by atoms with van der Waals surface area (Å²) in [5.41, 5.74) is 1.93. The van der Waals surface area contributed by atoms with Crippen molar-refractivity contribution >= 4 is 5.82 Å². The molecule has 2 aromatic heterocycles. The number of hydrogen-bond donors (Lipinski definition) is 1. The van der Waals surface area contributed by atoms with Gasteiger partial charge >= 0.3 is 0 Å². The summed E-state index contributed by atoms with van der Waals surface area (Å²) < 4.78 is 0. The molecule has 110 valence electrons.